The number of aryl methyl sites for hydroxylation is 1. The fourth-order valence-electron chi connectivity index (χ4n) is 2.91. The summed E-state index contributed by atoms with van der Waals surface area (Å²) in [6, 6.07) is 2.02. The van der Waals surface area contributed by atoms with Crippen molar-refractivity contribution in [3.8, 4) is 10.8 Å². The molecule has 4 rings (SSSR count). The number of nitrogens with one attached hydrogen (secondary N) is 2. The average molecular weight is 403 g/mol. The molecule has 3 heterocycles. The highest BCUT2D eigenvalue weighted by Gasteiger charge is 2.26. The highest BCUT2D eigenvalue weighted by molar-refractivity contribution is 7.15. The van der Waals surface area contributed by atoms with E-state index in [9.17, 15) is 5.11 Å². The van der Waals surface area contributed by atoms with Gasteiger partial charge in [-0.3, -0.25) is 5.10 Å². The van der Waals surface area contributed by atoms with E-state index in [1.54, 1.807) is 6.92 Å². The molecule has 27 heavy (non-hydrogen) atoms. The van der Waals surface area contributed by atoms with Gasteiger partial charge in [-0.1, -0.05) is 11.6 Å². The van der Waals surface area contributed by atoms with Crippen molar-refractivity contribution in [2.75, 3.05) is 0 Å². The first-order valence-electron chi connectivity index (χ1n) is 8.72. The van der Waals surface area contributed by atoms with E-state index < -0.39 is 6.10 Å². The van der Waals surface area contributed by atoms with Crippen molar-refractivity contribution in [2.24, 2.45) is 0 Å². The van der Waals surface area contributed by atoms with Crippen LogP contribution in [0.15, 0.2) is 12.3 Å². The molecule has 3 aromatic rings. The summed E-state index contributed by atoms with van der Waals surface area (Å²) in [5.41, 5.74) is 3.37. The van der Waals surface area contributed by atoms with Crippen molar-refractivity contribution in [3.05, 3.63) is 44.9 Å². The Hall–Kier alpha value is -2.16. The molecule has 0 amide bonds. The van der Waals surface area contributed by atoms with Crippen LogP contribution in [0.2, 0.25) is 5.02 Å². The minimum absolute atomic E-state index is 0.290. The normalized spacial score (nSPS) is 15.1. The number of aromatic nitrogens is 5. The summed E-state index contributed by atoms with van der Waals surface area (Å²) in [6.07, 6.45) is 3.64. The molecular formula is C18H19ClN6OS. The van der Waals surface area contributed by atoms with E-state index in [-0.39, 0.29) is 0 Å². The Bertz CT molecular complexity index is 1010. The Morgan fingerprint density at radius 1 is 1.44 bits per heavy atom. The van der Waals surface area contributed by atoms with Crippen molar-refractivity contribution in [2.45, 2.75) is 45.1 Å². The maximum atomic E-state index is 9.83. The van der Waals surface area contributed by atoms with E-state index in [2.05, 4.69) is 25.1 Å². The minimum atomic E-state index is -0.595. The summed E-state index contributed by atoms with van der Waals surface area (Å²) in [5.74, 6) is 0.970. The Morgan fingerprint density at radius 2 is 2.22 bits per heavy atom. The zero-order valence-electron chi connectivity index (χ0n) is 15.0. The summed E-state index contributed by atoms with van der Waals surface area (Å²) >= 11 is 7.60. The first-order valence-corrected chi connectivity index (χ1v) is 9.92. The lowest BCUT2D eigenvalue weighted by Gasteiger charge is -2.05. The first-order chi connectivity index (χ1) is 12.9. The van der Waals surface area contributed by atoms with Crippen LogP contribution >= 0.6 is 22.9 Å². The van der Waals surface area contributed by atoms with Crippen molar-refractivity contribution in [1.29, 1.82) is 5.41 Å². The number of aliphatic hydroxyl groups is 1. The van der Waals surface area contributed by atoms with Gasteiger partial charge in [-0.05, 0) is 32.8 Å². The molecule has 0 aromatic carbocycles. The highest BCUT2D eigenvalue weighted by Crippen LogP contribution is 2.39. The zero-order chi connectivity index (χ0) is 19.1. The van der Waals surface area contributed by atoms with E-state index in [1.807, 2.05) is 13.0 Å². The molecule has 9 heteroatoms. The predicted molar refractivity (Wildman–Crippen MR) is 105 cm³/mol. The number of nitrogens with zero attached hydrogens (tertiary/aromatic N) is 4. The van der Waals surface area contributed by atoms with Gasteiger partial charge in [0.15, 0.2) is 10.8 Å². The molecule has 0 bridgehead atoms. The van der Waals surface area contributed by atoms with Crippen LogP contribution in [0.1, 0.15) is 59.4 Å². The summed E-state index contributed by atoms with van der Waals surface area (Å²) in [7, 11) is 0. The maximum absolute atomic E-state index is 9.83. The molecule has 1 aliphatic carbocycles. The van der Waals surface area contributed by atoms with Gasteiger partial charge in [-0.15, -0.1) is 11.3 Å². The molecule has 1 fully saturated rings. The second-order valence-electron chi connectivity index (χ2n) is 6.78. The van der Waals surface area contributed by atoms with E-state index in [0.717, 1.165) is 22.0 Å². The number of H-pyrrole nitrogens is 1. The Balaban J connectivity index is 1.59. The van der Waals surface area contributed by atoms with E-state index >= 15 is 0 Å². The van der Waals surface area contributed by atoms with Crippen molar-refractivity contribution in [1.82, 2.24) is 25.1 Å². The topological polar surface area (TPSA) is 111 Å². The number of halogens is 1. The molecule has 1 aliphatic rings. The molecule has 0 radical (unpaired) electrons. The third-order valence-corrected chi connectivity index (χ3v) is 6.05. The monoisotopic (exact) mass is 402 g/mol. The van der Waals surface area contributed by atoms with Crippen LogP contribution < -0.4 is 0 Å². The number of hydrogen-bond donors (Lipinski definition) is 3. The molecule has 3 aromatic heterocycles. The molecule has 0 saturated heterocycles. The molecular weight excluding hydrogens is 384 g/mol. The lowest BCUT2D eigenvalue weighted by Crippen LogP contribution is -2.09. The van der Waals surface area contributed by atoms with Gasteiger partial charge in [0, 0.05) is 18.0 Å². The summed E-state index contributed by atoms with van der Waals surface area (Å²) in [6.45, 7) is 3.55. The fraction of sp³-hybridized carbons (Fsp3) is 0.389. The van der Waals surface area contributed by atoms with Crippen LogP contribution in [-0.2, 0) is 6.42 Å². The van der Waals surface area contributed by atoms with Gasteiger partial charge in [-0.2, -0.15) is 5.10 Å². The second-order valence-corrected chi connectivity index (χ2v) is 8.22. The molecule has 1 unspecified atom stereocenters. The van der Waals surface area contributed by atoms with Gasteiger partial charge in [0.25, 0.3) is 0 Å². The molecule has 3 N–H and O–H groups in total. The second kappa shape index (κ2) is 7.10. The predicted octanol–water partition coefficient (Wildman–Crippen LogP) is 3.83. The largest absolute Gasteiger partial charge is 0.388 e. The van der Waals surface area contributed by atoms with Crippen LogP contribution in [0.5, 0.6) is 0 Å². The Kier molecular flexibility index (Phi) is 4.79. The summed E-state index contributed by atoms with van der Waals surface area (Å²) in [5, 5.41) is 26.5. The van der Waals surface area contributed by atoms with Gasteiger partial charge >= 0.3 is 0 Å². The molecule has 140 valence electrons. The standard InChI is InChI=1S/C18H19ClN6OS/c1-8-16(9(2)26)27-18(22-8)17-21-7-12(19)15(23-17)13(20)5-11-6-14(25-24-11)10-3-4-10/h6-7,9-10,20,26H,3-5H2,1-2H3,(H,24,25). The van der Waals surface area contributed by atoms with Crippen molar-refractivity contribution in [3.63, 3.8) is 0 Å². The van der Waals surface area contributed by atoms with Gasteiger partial charge in [0.1, 0.15) is 5.69 Å². The first kappa shape index (κ1) is 18.2. The third kappa shape index (κ3) is 3.78. The molecule has 1 saturated carbocycles. The van der Waals surface area contributed by atoms with Crippen molar-refractivity contribution < 1.29 is 5.11 Å². The lowest BCUT2D eigenvalue weighted by molar-refractivity contribution is 0.202. The molecule has 7 nitrogen and oxygen atoms in total. The lowest BCUT2D eigenvalue weighted by atomic mass is 10.1. The fourth-order valence-corrected chi connectivity index (χ4v) is 4.06. The maximum Gasteiger partial charge on any atom is 0.189 e. The molecule has 0 aliphatic heterocycles. The smallest absolute Gasteiger partial charge is 0.189 e. The van der Waals surface area contributed by atoms with Gasteiger partial charge in [0.2, 0.25) is 0 Å². The number of aliphatic hydroxyl groups excluding tert-OH is 1. The number of rotatable bonds is 6. The number of hydrogen-bond acceptors (Lipinski definition) is 7. The zero-order valence-corrected chi connectivity index (χ0v) is 16.5. The average Bonchev–Trinajstić information content (AvgIpc) is 3.25. The molecule has 1 atom stereocenters. The third-order valence-electron chi connectivity index (χ3n) is 4.45. The van der Waals surface area contributed by atoms with Crippen LogP contribution in [0.3, 0.4) is 0 Å². The summed E-state index contributed by atoms with van der Waals surface area (Å²) < 4.78 is 0. The van der Waals surface area contributed by atoms with Crippen LogP contribution in [-0.4, -0.2) is 36.0 Å². The Labute approximate surface area is 165 Å². The van der Waals surface area contributed by atoms with E-state index in [0.29, 0.717) is 39.6 Å². The SMILES string of the molecule is Cc1nc(-c2ncc(Cl)c(C(=N)Cc3cc(C4CC4)n[nH]3)n2)sc1C(C)O. The van der Waals surface area contributed by atoms with Gasteiger partial charge in [-0.25, -0.2) is 15.0 Å². The number of thiazole rings is 1. The van der Waals surface area contributed by atoms with Crippen LogP contribution in [0.25, 0.3) is 10.8 Å². The minimum Gasteiger partial charge on any atom is -0.388 e. The van der Waals surface area contributed by atoms with Gasteiger partial charge < -0.3 is 10.5 Å². The van der Waals surface area contributed by atoms with Crippen LogP contribution in [0, 0.1) is 12.3 Å². The number of aromatic amines is 1. The molecule has 0 spiro atoms. The van der Waals surface area contributed by atoms with E-state index in [1.165, 1.54) is 30.4 Å². The van der Waals surface area contributed by atoms with Crippen LogP contribution in [0.4, 0.5) is 0 Å². The van der Waals surface area contributed by atoms with Crippen molar-refractivity contribution >= 4 is 28.6 Å². The van der Waals surface area contributed by atoms with Gasteiger partial charge in [0.05, 0.1) is 39.3 Å². The summed E-state index contributed by atoms with van der Waals surface area (Å²) in [4.78, 5) is 14.0. The van der Waals surface area contributed by atoms with E-state index in [4.69, 9.17) is 17.0 Å². The quantitative estimate of drug-likeness (QED) is 0.542. The Morgan fingerprint density at radius 3 is 2.89 bits per heavy atom. The highest BCUT2D eigenvalue weighted by atomic mass is 35.5.